The second-order valence-corrected chi connectivity index (χ2v) is 8.12. The van der Waals surface area contributed by atoms with Gasteiger partial charge in [0.25, 0.3) is 0 Å². The molecule has 0 aliphatic carbocycles. The Kier molecular flexibility index (Phi) is 8.04. The van der Waals surface area contributed by atoms with Gasteiger partial charge in [-0.1, -0.05) is 23.7 Å². The molecule has 1 N–H and O–H groups in total. The Morgan fingerprint density at radius 2 is 2.07 bits per heavy atom. The summed E-state index contributed by atoms with van der Waals surface area (Å²) in [6, 6.07) is 11.0. The van der Waals surface area contributed by atoms with E-state index in [9.17, 15) is 4.79 Å². The van der Waals surface area contributed by atoms with Crippen LogP contribution in [0.15, 0.2) is 48.0 Å². The lowest BCUT2D eigenvalue weighted by molar-refractivity contribution is -0.109. The van der Waals surface area contributed by atoms with E-state index in [-0.39, 0.29) is 12.4 Å². The summed E-state index contributed by atoms with van der Waals surface area (Å²) in [6.45, 7) is 2.40. The fourth-order valence-electron chi connectivity index (χ4n) is 3.35. The number of aldehydes is 1. The van der Waals surface area contributed by atoms with Gasteiger partial charge in [-0.25, -0.2) is 9.97 Å². The standard InChI is InChI=1S/C21H21ClN4O2S.ClH/c22-17-3-1-2-4-19(17)28-16-5-8-23-20(13-16)25-21-24-18(14-29-21)15-6-9-26(10-7-15)11-12-27;/h1-5,8,12-15H,6-7,9-11H2,(H,23,24,25);1H. The van der Waals surface area contributed by atoms with Gasteiger partial charge < -0.3 is 14.8 Å². The Morgan fingerprint density at radius 3 is 2.83 bits per heavy atom. The molecule has 0 saturated carbocycles. The average molecular weight is 465 g/mol. The van der Waals surface area contributed by atoms with Crippen molar-refractivity contribution in [2.75, 3.05) is 25.0 Å². The van der Waals surface area contributed by atoms with Gasteiger partial charge in [0, 0.05) is 23.6 Å². The Morgan fingerprint density at radius 1 is 1.27 bits per heavy atom. The van der Waals surface area contributed by atoms with Gasteiger partial charge in [-0.3, -0.25) is 4.90 Å². The van der Waals surface area contributed by atoms with E-state index in [4.69, 9.17) is 21.3 Å². The molecule has 3 heterocycles. The number of nitrogens with zero attached hydrogens (tertiary/aromatic N) is 3. The van der Waals surface area contributed by atoms with Crippen LogP contribution >= 0.6 is 35.3 Å². The SMILES string of the molecule is Cl.O=CCN1CCC(c2csc(Nc3cc(Oc4ccccc4Cl)ccn3)n2)CC1. The molecule has 30 heavy (non-hydrogen) atoms. The summed E-state index contributed by atoms with van der Waals surface area (Å²) < 4.78 is 5.86. The van der Waals surface area contributed by atoms with Crippen molar-refractivity contribution in [3.63, 3.8) is 0 Å². The summed E-state index contributed by atoms with van der Waals surface area (Å²) in [5.41, 5.74) is 1.10. The van der Waals surface area contributed by atoms with Gasteiger partial charge in [0.05, 0.1) is 17.3 Å². The number of halogens is 2. The van der Waals surface area contributed by atoms with E-state index in [1.807, 2.05) is 24.3 Å². The number of para-hydroxylation sites is 1. The van der Waals surface area contributed by atoms with E-state index in [1.165, 1.54) is 0 Å². The van der Waals surface area contributed by atoms with E-state index >= 15 is 0 Å². The van der Waals surface area contributed by atoms with Gasteiger partial charge in [-0.15, -0.1) is 23.7 Å². The minimum absolute atomic E-state index is 0. The highest BCUT2D eigenvalue weighted by molar-refractivity contribution is 7.13. The lowest BCUT2D eigenvalue weighted by atomic mass is 9.94. The molecule has 1 aromatic carbocycles. The number of nitrogens with one attached hydrogen (secondary N) is 1. The minimum atomic E-state index is 0. The van der Waals surface area contributed by atoms with Crippen molar-refractivity contribution in [1.29, 1.82) is 0 Å². The molecule has 0 spiro atoms. The third-order valence-corrected chi connectivity index (χ3v) is 5.98. The van der Waals surface area contributed by atoms with E-state index < -0.39 is 0 Å². The number of ether oxygens (including phenoxy) is 1. The molecule has 2 aromatic heterocycles. The number of likely N-dealkylation sites (tertiary alicyclic amines) is 1. The van der Waals surface area contributed by atoms with Crippen LogP contribution in [-0.4, -0.2) is 40.8 Å². The van der Waals surface area contributed by atoms with Crippen molar-refractivity contribution >= 4 is 52.6 Å². The molecular formula is C21H22Cl2N4O2S. The number of benzene rings is 1. The maximum absolute atomic E-state index is 10.7. The summed E-state index contributed by atoms with van der Waals surface area (Å²) in [5, 5.41) is 6.72. The predicted molar refractivity (Wildman–Crippen MR) is 123 cm³/mol. The molecule has 6 nitrogen and oxygen atoms in total. The number of carbonyl (C=O) groups is 1. The van der Waals surface area contributed by atoms with Crippen molar-refractivity contribution in [3.05, 3.63) is 58.7 Å². The Bertz CT molecular complexity index is 977. The van der Waals surface area contributed by atoms with Gasteiger partial charge in [0.2, 0.25) is 0 Å². The molecule has 1 aliphatic heterocycles. The molecule has 0 bridgehead atoms. The first kappa shape index (κ1) is 22.5. The largest absolute Gasteiger partial charge is 0.456 e. The number of pyridine rings is 1. The maximum atomic E-state index is 10.7. The molecule has 1 saturated heterocycles. The number of thiazole rings is 1. The fraction of sp³-hybridized carbons (Fsp3) is 0.286. The van der Waals surface area contributed by atoms with E-state index in [2.05, 4.69) is 20.6 Å². The van der Waals surface area contributed by atoms with Crippen LogP contribution in [0.5, 0.6) is 11.5 Å². The minimum Gasteiger partial charge on any atom is -0.456 e. The van der Waals surface area contributed by atoms with Crippen molar-refractivity contribution in [2.24, 2.45) is 0 Å². The first-order valence-corrected chi connectivity index (χ1v) is 10.7. The smallest absolute Gasteiger partial charge is 0.188 e. The summed E-state index contributed by atoms with van der Waals surface area (Å²) in [5.74, 6) is 2.35. The third kappa shape index (κ3) is 5.70. The molecule has 1 aliphatic rings. The molecule has 0 amide bonds. The number of hydrogen-bond acceptors (Lipinski definition) is 7. The molecule has 4 rings (SSSR count). The number of carbonyl (C=O) groups excluding carboxylic acids is 1. The Balaban J connectivity index is 0.00000256. The van der Waals surface area contributed by atoms with Crippen LogP contribution in [0.1, 0.15) is 24.5 Å². The predicted octanol–water partition coefficient (Wildman–Crippen LogP) is 5.53. The number of anilines is 2. The van der Waals surface area contributed by atoms with Crippen LogP contribution in [-0.2, 0) is 4.79 Å². The van der Waals surface area contributed by atoms with Crippen LogP contribution in [0.4, 0.5) is 10.9 Å². The number of hydrogen-bond donors (Lipinski definition) is 1. The zero-order chi connectivity index (χ0) is 20.1. The number of rotatable bonds is 7. The second-order valence-electron chi connectivity index (χ2n) is 6.85. The van der Waals surface area contributed by atoms with Crippen LogP contribution in [0.3, 0.4) is 0 Å². The molecule has 158 valence electrons. The van der Waals surface area contributed by atoms with Gasteiger partial charge in [0.15, 0.2) is 5.13 Å². The molecule has 9 heteroatoms. The Labute approximate surface area is 190 Å². The molecule has 0 atom stereocenters. The van der Waals surface area contributed by atoms with E-state index in [1.54, 1.807) is 29.7 Å². The van der Waals surface area contributed by atoms with Crippen LogP contribution in [0.2, 0.25) is 5.02 Å². The van der Waals surface area contributed by atoms with E-state index in [0.717, 1.165) is 43.0 Å². The second kappa shape index (κ2) is 10.7. The van der Waals surface area contributed by atoms with Crippen molar-refractivity contribution < 1.29 is 9.53 Å². The summed E-state index contributed by atoms with van der Waals surface area (Å²) in [6.07, 6.45) is 4.71. The molecule has 0 unspecified atom stereocenters. The lowest BCUT2D eigenvalue weighted by Crippen LogP contribution is -2.34. The maximum Gasteiger partial charge on any atom is 0.188 e. The normalized spacial score (nSPS) is 14.7. The molecule has 3 aromatic rings. The van der Waals surface area contributed by atoms with Crippen molar-refractivity contribution in [2.45, 2.75) is 18.8 Å². The average Bonchev–Trinajstić information content (AvgIpc) is 3.19. The Hall–Kier alpha value is -2.19. The van der Waals surface area contributed by atoms with Crippen molar-refractivity contribution in [1.82, 2.24) is 14.9 Å². The fourth-order valence-corrected chi connectivity index (χ4v) is 4.33. The van der Waals surface area contributed by atoms with Crippen LogP contribution < -0.4 is 10.1 Å². The molecular weight excluding hydrogens is 443 g/mol. The van der Waals surface area contributed by atoms with Gasteiger partial charge in [-0.05, 0) is 44.1 Å². The van der Waals surface area contributed by atoms with Gasteiger partial charge in [0.1, 0.15) is 23.6 Å². The van der Waals surface area contributed by atoms with Crippen molar-refractivity contribution in [3.8, 4) is 11.5 Å². The molecule has 1 fully saturated rings. The third-order valence-electron chi connectivity index (χ3n) is 4.89. The number of piperidine rings is 1. The number of aromatic nitrogens is 2. The van der Waals surface area contributed by atoms with Crippen LogP contribution in [0, 0.1) is 0 Å². The first-order valence-electron chi connectivity index (χ1n) is 9.48. The summed E-state index contributed by atoms with van der Waals surface area (Å²) >= 11 is 7.73. The summed E-state index contributed by atoms with van der Waals surface area (Å²) in [7, 11) is 0. The van der Waals surface area contributed by atoms with Crippen LogP contribution in [0.25, 0.3) is 0 Å². The molecule has 0 radical (unpaired) electrons. The quantitative estimate of drug-likeness (QED) is 0.463. The van der Waals surface area contributed by atoms with Gasteiger partial charge in [-0.2, -0.15) is 0 Å². The first-order chi connectivity index (χ1) is 14.2. The lowest BCUT2D eigenvalue weighted by Gasteiger charge is -2.29. The topological polar surface area (TPSA) is 67.4 Å². The highest BCUT2D eigenvalue weighted by Crippen LogP contribution is 2.33. The van der Waals surface area contributed by atoms with E-state index in [0.29, 0.717) is 34.8 Å². The highest BCUT2D eigenvalue weighted by atomic mass is 35.5. The zero-order valence-corrected chi connectivity index (χ0v) is 18.6. The highest BCUT2D eigenvalue weighted by Gasteiger charge is 2.22. The summed E-state index contributed by atoms with van der Waals surface area (Å²) in [4.78, 5) is 21.9. The zero-order valence-electron chi connectivity index (χ0n) is 16.2. The van der Waals surface area contributed by atoms with Gasteiger partial charge >= 0.3 is 0 Å². The monoisotopic (exact) mass is 464 g/mol.